The fourth-order valence-corrected chi connectivity index (χ4v) is 1.57. The van der Waals surface area contributed by atoms with E-state index in [1.807, 2.05) is 0 Å². The topological polar surface area (TPSA) is 136 Å². The normalized spacial score (nSPS) is 10.2. The van der Waals surface area contributed by atoms with Crippen LogP contribution >= 0.6 is 0 Å². The second-order valence-corrected chi connectivity index (χ2v) is 4.00. The van der Waals surface area contributed by atoms with Crippen LogP contribution in [0.15, 0.2) is 18.2 Å². The molecular formula is C11H13N3O6. The Bertz CT molecular complexity index is 531. The lowest BCUT2D eigenvalue weighted by Gasteiger charge is -2.05. The van der Waals surface area contributed by atoms with E-state index in [1.165, 1.54) is 12.1 Å². The van der Waals surface area contributed by atoms with E-state index in [0.717, 1.165) is 6.07 Å². The first-order valence-corrected chi connectivity index (χ1v) is 5.76. The van der Waals surface area contributed by atoms with Gasteiger partial charge >= 0.3 is 5.97 Å². The van der Waals surface area contributed by atoms with Crippen LogP contribution in [-0.4, -0.2) is 27.5 Å². The number of carbonyl (C=O) groups is 1. The average molecular weight is 283 g/mol. The molecule has 0 heterocycles. The minimum Gasteiger partial charge on any atom is -0.481 e. The standard InChI is InChI=1S/C11H13N3O6/c15-11(16)2-1-5-12-7-8-3-4-9(13(17)18)6-10(8)14(19)20/h3-4,6,12H,1-2,5,7H2,(H,15,16). The molecule has 0 aliphatic carbocycles. The number of carboxylic acid groups (broad SMARTS) is 1. The smallest absolute Gasteiger partial charge is 0.303 e. The van der Waals surface area contributed by atoms with E-state index in [-0.39, 0.29) is 24.3 Å². The van der Waals surface area contributed by atoms with Crippen molar-refractivity contribution < 1.29 is 19.7 Å². The van der Waals surface area contributed by atoms with Gasteiger partial charge in [0.1, 0.15) is 0 Å². The quantitative estimate of drug-likeness (QED) is 0.418. The summed E-state index contributed by atoms with van der Waals surface area (Å²) in [5, 5.41) is 32.7. The number of nitro benzene ring substituents is 2. The Morgan fingerprint density at radius 2 is 1.95 bits per heavy atom. The molecule has 108 valence electrons. The van der Waals surface area contributed by atoms with Crippen LogP contribution < -0.4 is 5.32 Å². The van der Waals surface area contributed by atoms with Crippen LogP contribution in [0.1, 0.15) is 18.4 Å². The number of rotatable bonds is 8. The molecule has 1 aromatic carbocycles. The fourth-order valence-electron chi connectivity index (χ4n) is 1.57. The number of aliphatic carboxylic acids is 1. The average Bonchev–Trinajstić information content (AvgIpc) is 2.37. The molecule has 2 N–H and O–H groups in total. The highest BCUT2D eigenvalue weighted by Gasteiger charge is 2.18. The van der Waals surface area contributed by atoms with Gasteiger partial charge in [0.15, 0.2) is 0 Å². The molecule has 0 radical (unpaired) electrons. The monoisotopic (exact) mass is 283 g/mol. The molecule has 0 spiro atoms. The van der Waals surface area contributed by atoms with Crippen molar-refractivity contribution in [2.24, 2.45) is 0 Å². The third-order valence-corrected chi connectivity index (χ3v) is 2.54. The van der Waals surface area contributed by atoms with Gasteiger partial charge in [-0.05, 0) is 19.0 Å². The molecule has 1 aromatic rings. The molecule has 0 aromatic heterocycles. The predicted molar refractivity (Wildman–Crippen MR) is 68.3 cm³/mol. The molecule has 0 saturated heterocycles. The number of nitrogens with one attached hydrogen (secondary N) is 1. The van der Waals surface area contributed by atoms with Crippen molar-refractivity contribution in [3.05, 3.63) is 44.0 Å². The highest BCUT2D eigenvalue weighted by Crippen LogP contribution is 2.24. The molecule has 0 aliphatic rings. The number of benzene rings is 1. The first-order chi connectivity index (χ1) is 9.41. The van der Waals surface area contributed by atoms with Gasteiger partial charge in [-0.15, -0.1) is 0 Å². The van der Waals surface area contributed by atoms with Gasteiger partial charge in [-0.1, -0.05) is 0 Å². The van der Waals surface area contributed by atoms with Gasteiger partial charge < -0.3 is 10.4 Å². The molecule has 0 aliphatic heterocycles. The second-order valence-electron chi connectivity index (χ2n) is 4.00. The lowest BCUT2D eigenvalue weighted by molar-refractivity contribution is -0.394. The van der Waals surface area contributed by atoms with Gasteiger partial charge in [-0.25, -0.2) is 0 Å². The molecule has 0 fully saturated rings. The number of hydrogen-bond donors (Lipinski definition) is 2. The minimum atomic E-state index is -0.909. The number of non-ortho nitro benzene ring substituents is 1. The lowest BCUT2D eigenvalue weighted by atomic mass is 10.1. The number of nitrogens with zero attached hydrogens (tertiary/aromatic N) is 2. The maximum atomic E-state index is 10.9. The SMILES string of the molecule is O=C(O)CCCNCc1ccc([N+](=O)[O-])cc1[N+](=O)[O-]. The van der Waals surface area contributed by atoms with E-state index >= 15 is 0 Å². The summed E-state index contributed by atoms with van der Waals surface area (Å²) >= 11 is 0. The first kappa shape index (κ1) is 15.5. The van der Waals surface area contributed by atoms with Gasteiger partial charge in [0.2, 0.25) is 0 Å². The fraction of sp³-hybridized carbons (Fsp3) is 0.364. The summed E-state index contributed by atoms with van der Waals surface area (Å²) in [4.78, 5) is 30.3. The largest absolute Gasteiger partial charge is 0.481 e. The molecular weight excluding hydrogens is 270 g/mol. The molecule has 0 amide bonds. The van der Waals surface area contributed by atoms with Crippen LogP contribution in [0.3, 0.4) is 0 Å². The molecule has 9 heteroatoms. The summed E-state index contributed by atoms with van der Waals surface area (Å²) in [5.41, 5.74) is -0.354. The summed E-state index contributed by atoms with van der Waals surface area (Å²) in [6.07, 6.45) is 0.408. The Labute approximate surface area is 113 Å². The Kier molecular flexibility index (Phi) is 5.54. The van der Waals surface area contributed by atoms with E-state index < -0.39 is 15.8 Å². The van der Waals surface area contributed by atoms with Gasteiger partial charge in [0.25, 0.3) is 11.4 Å². The van der Waals surface area contributed by atoms with Crippen molar-refractivity contribution in [2.75, 3.05) is 6.54 Å². The van der Waals surface area contributed by atoms with E-state index in [4.69, 9.17) is 5.11 Å². The second kappa shape index (κ2) is 7.14. The van der Waals surface area contributed by atoms with Crippen molar-refractivity contribution in [1.29, 1.82) is 0 Å². The summed E-state index contributed by atoms with van der Waals surface area (Å²) < 4.78 is 0. The molecule has 20 heavy (non-hydrogen) atoms. The van der Waals surface area contributed by atoms with Gasteiger partial charge in [0.05, 0.1) is 15.9 Å². The van der Waals surface area contributed by atoms with Gasteiger partial charge in [-0.2, -0.15) is 0 Å². The lowest BCUT2D eigenvalue weighted by Crippen LogP contribution is -2.16. The Morgan fingerprint density at radius 1 is 1.25 bits per heavy atom. The maximum absolute atomic E-state index is 10.9. The van der Waals surface area contributed by atoms with Crippen LogP contribution in [-0.2, 0) is 11.3 Å². The molecule has 0 saturated carbocycles. The van der Waals surface area contributed by atoms with Crippen LogP contribution in [0.2, 0.25) is 0 Å². The minimum absolute atomic E-state index is 0.00928. The van der Waals surface area contributed by atoms with Gasteiger partial charge in [-0.3, -0.25) is 25.0 Å². The van der Waals surface area contributed by atoms with E-state index in [9.17, 15) is 25.0 Å². The van der Waals surface area contributed by atoms with Crippen LogP contribution in [0, 0.1) is 20.2 Å². The van der Waals surface area contributed by atoms with E-state index in [2.05, 4.69) is 5.32 Å². The molecule has 0 atom stereocenters. The highest BCUT2D eigenvalue weighted by molar-refractivity contribution is 5.66. The van der Waals surface area contributed by atoms with Crippen LogP contribution in [0.25, 0.3) is 0 Å². The Hall–Kier alpha value is -2.55. The number of nitro groups is 2. The van der Waals surface area contributed by atoms with Crippen molar-refractivity contribution in [3.8, 4) is 0 Å². The Balaban J connectivity index is 2.67. The van der Waals surface area contributed by atoms with Gasteiger partial charge in [0, 0.05) is 24.6 Å². The summed E-state index contributed by atoms with van der Waals surface area (Å²) in [5.74, 6) is -0.909. The first-order valence-electron chi connectivity index (χ1n) is 5.76. The highest BCUT2D eigenvalue weighted by atomic mass is 16.6. The molecule has 0 unspecified atom stereocenters. The Morgan fingerprint density at radius 3 is 2.50 bits per heavy atom. The van der Waals surface area contributed by atoms with E-state index in [0.29, 0.717) is 18.5 Å². The van der Waals surface area contributed by atoms with E-state index in [1.54, 1.807) is 0 Å². The maximum Gasteiger partial charge on any atom is 0.303 e. The zero-order chi connectivity index (χ0) is 15.1. The third-order valence-electron chi connectivity index (χ3n) is 2.54. The van der Waals surface area contributed by atoms with Crippen molar-refractivity contribution in [1.82, 2.24) is 5.32 Å². The molecule has 9 nitrogen and oxygen atoms in total. The summed E-state index contributed by atoms with van der Waals surface area (Å²) in [7, 11) is 0. The van der Waals surface area contributed by atoms with Crippen LogP contribution in [0.4, 0.5) is 11.4 Å². The molecule has 1 rings (SSSR count). The van der Waals surface area contributed by atoms with Crippen molar-refractivity contribution >= 4 is 17.3 Å². The number of carboxylic acids is 1. The summed E-state index contributed by atoms with van der Waals surface area (Å²) in [6.45, 7) is 0.536. The third kappa shape index (κ3) is 4.61. The van der Waals surface area contributed by atoms with Crippen LogP contribution in [0.5, 0.6) is 0 Å². The predicted octanol–water partition coefficient (Wildman–Crippen LogP) is 1.46. The number of hydrogen-bond acceptors (Lipinski definition) is 6. The zero-order valence-corrected chi connectivity index (χ0v) is 10.4. The van der Waals surface area contributed by atoms with Crippen molar-refractivity contribution in [2.45, 2.75) is 19.4 Å². The zero-order valence-electron chi connectivity index (χ0n) is 10.4. The molecule has 0 bridgehead atoms. The summed E-state index contributed by atoms with van der Waals surface area (Å²) in [6, 6.07) is 3.43. The van der Waals surface area contributed by atoms with Crippen molar-refractivity contribution in [3.63, 3.8) is 0 Å².